The average molecular weight is 523 g/mol. The van der Waals surface area contributed by atoms with Crippen LogP contribution in [0.1, 0.15) is 38.1 Å². The second kappa shape index (κ2) is 9.72. The van der Waals surface area contributed by atoms with E-state index in [1.54, 1.807) is 4.68 Å². The zero-order valence-corrected chi connectivity index (χ0v) is 22.5. The van der Waals surface area contributed by atoms with E-state index in [0.29, 0.717) is 29.9 Å². The van der Waals surface area contributed by atoms with Gasteiger partial charge in [-0.15, -0.1) is 0 Å². The minimum absolute atomic E-state index is 0.165. The number of fused-ring (bicyclic) bond motifs is 2. The predicted molar refractivity (Wildman–Crippen MR) is 148 cm³/mol. The molecule has 200 valence electrons. The van der Waals surface area contributed by atoms with Crippen LogP contribution >= 0.6 is 0 Å². The van der Waals surface area contributed by atoms with Gasteiger partial charge in [0, 0.05) is 85.2 Å². The van der Waals surface area contributed by atoms with E-state index in [1.165, 1.54) is 0 Å². The molecular formula is C30H34N8O. The fourth-order valence-electron chi connectivity index (χ4n) is 6.68. The summed E-state index contributed by atoms with van der Waals surface area (Å²) in [6, 6.07) is 9.54. The Bertz CT molecular complexity index is 1480. The molecule has 0 spiro atoms. The Balaban J connectivity index is 0.988. The summed E-state index contributed by atoms with van der Waals surface area (Å²) in [5.41, 5.74) is 5.09. The second-order valence-electron chi connectivity index (χ2n) is 11.5. The minimum Gasteiger partial charge on any atom is -0.337 e. The third kappa shape index (κ3) is 4.54. The van der Waals surface area contributed by atoms with Gasteiger partial charge in [-0.3, -0.25) is 19.1 Å². The monoisotopic (exact) mass is 522 g/mol. The molecule has 1 aliphatic carbocycles. The Hall–Kier alpha value is -3.85. The maximum Gasteiger partial charge on any atom is 0.226 e. The van der Waals surface area contributed by atoms with E-state index in [4.69, 9.17) is 0 Å². The predicted octanol–water partition coefficient (Wildman–Crippen LogP) is 4.05. The van der Waals surface area contributed by atoms with Gasteiger partial charge in [0.2, 0.25) is 5.91 Å². The lowest BCUT2D eigenvalue weighted by atomic mass is 9.85. The highest BCUT2D eigenvalue weighted by molar-refractivity contribution is 5.80. The molecule has 0 N–H and O–H groups in total. The Morgan fingerprint density at radius 3 is 2.21 bits per heavy atom. The molecule has 3 aromatic heterocycles. The molecule has 9 nitrogen and oxygen atoms in total. The lowest BCUT2D eigenvalue weighted by Crippen LogP contribution is -2.49. The van der Waals surface area contributed by atoms with Gasteiger partial charge in [0.25, 0.3) is 0 Å². The number of aryl methyl sites for hydroxylation is 1. The van der Waals surface area contributed by atoms with Gasteiger partial charge in [0.05, 0.1) is 18.4 Å². The molecule has 1 aromatic carbocycles. The standard InChI is InChI=1S/C30H34N8O/c1-35-18-28-11-27(35)19-37(28)30(39)20-6-8-26(9-7-20)38-17-25(15-34-38)23-12-31-29(32-13-23)22-5-3-4-21(10-22)24-14-33-36(2)16-24/h3-5,10,12-17,20,26-28H,6-9,11,18-19H2,1-2H3/t20?,26?,27-,28+/m0/s1. The third-order valence-corrected chi connectivity index (χ3v) is 8.96. The summed E-state index contributed by atoms with van der Waals surface area (Å²) in [7, 11) is 4.10. The van der Waals surface area contributed by atoms with E-state index in [-0.39, 0.29) is 5.92 Å². The van der Waals surface area contributed by atoms with E-state index in [9.17, 15) is 4.79 Å². The second-order valence-corrected chi connectivity index (χ2v) is 11.5. The first-order valence-corrected chi connectivity index (χ1v) is 14.0. The number of amides is 1. The van der Waals surface area contributed by atoms with Crippen molar-refractivity contribution in [2.75, 3.05) is 20.1 Å². The molecule has 9 heteroatoms. The van der Waals surface area contributed by atoms with Crippen molar-refractivity contribution in [3.05, 3.63) is 61.4 Å². The fraction of sp³-hybridized carbons (Fsp3) is 0.433. The van der Waals surface area contributed by atoms with Crippen molar-refractivity contribution in [1.82, 2.24) is 39.3 Å². The number of carbonyl (C=O) groups excluding carboxylic acids is 1. The average Bonchev–Trinajstić information content (AvgIpc) is 3.78. The highest BCUT2D eigenvalue weighted by Crippen LogP contribution is 2.37. The number of nitrogens with zero attached hydrogens (tertiary/aromatic N) is 8. The summed E-state index contributed by atoms with van der Waals surface area (Å²) < 4.78 is 3.88. The summed E-state index contributed by atoms with van der Waals surface area (Å²) in [6.45, 7) is 1.95. The Morgan fingerprint density at radius 2 is 1.51 bits per heavy atom. The van der Waals surface area contributed by atoms with E-state index in [1.807, 2.05) is 50.2 Å². The zero-order valence-electron chi connectivity index (χ0n) is 22.5. The smallest absolute Gasteiger partial charge is 0.226 e. The van der Waals surface area contributed by atoms with Crippen LogP contribution in [0.2, 0.25) is 0 Å². The van der Waals surface area contributed by atoms with E-state index >= 15 is 0 Å². The molecule has 1 amide bonds. The fourth-order valence-corrected chi connectivity index (χ4v) is 6.68. The first-order chi connectivity index (χ1) is 19.0. The Kier molecular flexibility index (Phi) is 6.03. The largest absolute Gasteiger partial charge is 0.337 e. The molecular weight excluding hydrogens is 488 g/mol. The van der Waals surface area contributed by atoms with Crippen LogP contribution in [0.15, 0.2) is 61.4 Å². The number of likely N-dealkylation sites (N-methyl/N-ethyl adjacent to an activating group) is 1. The van der Waals surface area contributed by atoms with Crippen LogP contribution in [-0.4, -0.2) is 77.5 Å². The minimum atomic E-state index is 0.165. The van der Waals surface area contributed by atoms with E-state index in [2.05, 4.69) is 60.0 Å². The first-order valence-electron chi connectivity index (χ1n) is 14.0. The molecule has 2 atom stereocenters. The van der Waals surface area contributed by atoms with Crippen molar-refractivity contribution in [3.8, 4) is 33.6 Å². The van der Waals surface area contributed by atoms with Gasteiger partial charge < -0.3 is 4.90 Å². The molecule has 3 aliphatic rings. The van der Waals surface area contributed by atoms with Crippen LogP contribution in [0.25, 0.3) is 33.6 Å². The van der Waals surface area contributed by atoms with Crippen LogP contribution in [0.4, 0.5) is 0 Å². The van der Waals surface area contributed by atoms with E-state index < -0.39 is 0 Å². The zero-order chi connectivity index (χ0) is 26.5. The Labute approximate surface area is 228 Å². The van der Waals surface area contributed by atoms with Crippen LogP contribution in [-0.2, 0) is 11.8 Å². The van der Waals surface area contributed by atoms with Gasteiger partial charge in [-0.1, -0.05) is 18.2 Å². The van der Waals surface area contributed by atoms with Gasteiger partial charge in [-0.25, -0.2) is 9.97 Å². The van der Waals surface area contributed by atoms with Crippen LogP contribution < -0.4 is 0 Å². The van der Waals surface area contributed by atoms with Crippen molar-refractivity contribution in [1.29, 1.82) is 0 Å². The van der Waals surface area contributed by atoms with Crippen molar-refractivity contribution < 1.29 is 4.79 Å². The summed E-state index contributed by atoms with van der Waals surface area (Å²) >= 11 is 0. The van der Waals surface area contributed by atoms with E-state index in [0.717, 1.165) is 73.0 Å². The molecule has 0 radical (unpaired) electrons. The maximum absolute atomic E-state index is 13.2. The summed E-state index contributed by atoms with van der Waals surface area (Å²) in [6.07, 6.45) is 16.6. The number of benzene rings is 1. The van der Waals surface area contributed by atoms with Crippen molar-refractivity contribution in [3.63, 3.8) is 0 Å². The van der Waals surface area contributed by atoms with Gasteiger partial charge in [0.15, 0.2) is 5.82 Å². The van der Waals surface area contributed by atoms with Crippen LogP contribution in [0.3, 0.4) is 0 Å². The quantitative estimate of drug-likeness (QED) is 0.393. The number of hydrogen-bond donors (Lipinski definition) is 0. The molecule has 4 aromatic rings. The highest BCUT2D eigenvalue weighted by atomic mass is 16.2. The van der Waals surface area contributed by atoms with Gasteiger partial charge in [-0.05, 0) is 50.8 Å². The number of piperazine rings is 1. The normalized spacial score (nSPS) is 24.9. The number of aromatic nitrogens is 6. The molecule has 2 saturated heterocycles. The molecule has 7 rings (SSSR count). The van der Waals surface area contributed by atoms with Crippen molar-refractivity contribution >= 4 is 5.91 Å². The topological polar surface area (TPSA) is 85.0 Å². The molecule has 39 heavy (non-hydrogen) atoms. The third-order valence-electron chi connectivity index (χ3n) is 8.96. The maximum atomic E-state index is 13.2. The number of rotatable bonds is 5. The molecule has 3 fully saturated rings. The SMILES string of the molecule is CN1C[C@H]2C[C@H]1CN2C(=O)C1CCC(n2cc(-c3cnc(-c4cccc(-c5cnn(C)c5)c4)nc3)cn2)CC1. The summed E-state index contributed by atoms with van der Waals surface area (Å²) in [4.78, 5) is 27.1. The number of carbonyl (C=O) groups is 1. The number of hydrogen-bond acceptors (Lipinski definition) is 6. The summed E-state index contributed by atoms with van der Waals surface area (Å²) in [5.74, 6) is 1.25. The lowest BCUT2D eigenvalue weighted by Gasteiger charge is -2.36. The van der Waals surface area contributed by atoms with Gasteiger partial charge >= 0.3 is 0 Å². The van der Waals surface area contributed by atoms with Crippen LogP contribution in [0.5, 0.6) is 0 Å². The molecule has 0 unspecified atom stereocenters. The number of likely N-dealkylation sites (tertiary alicyclic amines) is 2. The molecule has 2 aliphatic heterocycles. The van der Waals surface area contributed by atoms with Gasteiger partial charge in [-0.2, -0.15) is 10.2 Å². The molecule has 2 bridgehead atoms. The molecule has 1 saturated carbocycles. The summed E-state index contributed by atoms with van der Waals surface area (Å²) in [5, 5.41) is 8.96. The van der Waals surface area contributed by atoms with Crippen molar-refractivity contribution in [2.24, 2.45) is 13.0 Å². The Morgan fingerprint density at radius 1 is 0.769 bits per heavy atom. The highest BCUT2D eigenvalue weighted by Gasteiger charge is 2.45. The van der Waals surface area contributed by atoms with Crippen LogP contribution in [0, 0.1) is 5.92 Å². The van der Waals surface area contributed by atoms with Gasteiger partial charge in [0.1, 0.15) is 0 Å². The molecule has 5 heterocycles. The lowest BCUT2D eigenvalue weighted by molar-refractivity contribution is -0.139. The first kappa shape index (κ1) is 24.2. The van der Waals surface area contributed by atoms with Crippen molar-refractivity contribution in [2.45, 2.75) is 50.2 Å².